The molecule has 0 aliphatic rings. The van der Waals surface area contributed by atoms with Gasteiger partial charge in [-0.3, -0.25) is 0 Å². The van der Waals surface area contributed by atoms with E-state index in [1.54, 1.807) is 12.1 Å². The first kappa shape index (κ1) is 14.2. The average molecular weight is 289 g/mol. The van der Waals surface area contributed by atoms with Crippen LogP contribution in [0.4, 0.5) is 4.39 Å². The van der Waals surface area contributed by atoms with Crippen LogP contribution in [-0.2, 0) is 15.6 Å². The van der Waals surface area contributed by atoms with E-state index in [2.05, 4.69) is 0 Å². The molecule has 0 amide bonds. The van der Waals surface area contributed by atoms with E-state index in [4.69, 9.17) is 5.26 Å². The van der Waals surface area contributed by atoms with E-state index < -0.39 is 21.4 Å². The summed E-state index contributed by atoms with van der Waals surface area (Å²) in [4.78, 5) is 0.163. The molecule has 0 N–H and O–H groups in total. The Morgan fingerprint density at radius 1 is 1.15 bits per heavy atom. The highest BCUT2D eigenvalue weighted by Gasteiger charge is 2.17. The highest BCUT2D eigenvalue weighted by molar-refractivity contribution is 7.90. The van der Waals surface area contributed by atoms with Crippen LogP contribution in [0.25, 0.3) is 0 Å². The van der Waals surface area contributed by atoms with Crippen molar-refractivity contribution in [1.29, 1.82) is 5.26 Å². The number of aryl methyl sites for hydroxylation is 1. The van der Waals surface area contributed by atoms with Gasteiger partial charge in [0.1, 0.15) is 5.82 Å². The fourth-order valence-corrected chi connectivity index (χ4v) is 3.19. The second-order valence-corrected chi connectivity index (χ2v) is 6.47. The molecule has 0 spiro atoms. The van der Waals surface area contributed by atoms with Gasteiger partial charge in [-0.25, -0.2) is 12.8 Å². The number of sulfone groups is 1. The Bertz CT molecular complexity index is 775. The van der Waals surface area contributed by atoms with E-state index in [1.165, 1.54) is 18.2 Å². The van der Waals surface area contributed by atoms with E-state index in [0.717, 1.165) is 17.7 Å². The lowest BCUT2D eigenvalue weighted by molar-refractivity contribution is 0.594. The summed E-state index contributed by atoms with van der Waals surface area (Å²) in [5.74, 6) is -0.949. The summed E-state index contributed by atoms with van der Waals surface area (Å²) in [5, 5.41) is 8.95. The fourth-order valence-electron chi connectivity index (χ4n) is 1.82. The molecule has 3 nitrogen and oxygen atoms in total. The third-order valence-corrected chi connectivity index (χ3v) is 4.59. The summed E-state index contributed by atoms with van der Waals surface area (Å²) in [6.07, 6.45) is 0. The van der Waals surface area contributed by atoms with Gasteiger partial charge in [-0.05, 0) is 42.8 Å². The molecule has 0 saturated heterocycles. The van der Waals surface area contributed by atoms with Gasteiger partial charge in [0, 0.05) is 0 Å². The van der Waals surface area contributed by atoms with Crippen LogP contribution in [-0.4, -0.2) is 8.42 Å². The maximum Gasteiger partial charge on any atom is 0.182 e. The number of benzene rings is 2. The second kappa shape index (κ2) is 5.43. The quantitative estimate of drug-likeness (QED) is 0.872. The van der Waals surface area contributed by atoms with Crippen molar-refractivity contribution in [2.24, 2.45) is 0 Å². The van der Waals surface area contributed by atoms with Crippen LogP contribution in [0, 0.1) is 24.1 Å². The summed E-state index contributed by atoms with van der Waals surface area (Å²) in [5.41, 5.74) is 1.29. The van der Waals surface area contributed by atoms with Crippen molar-refractivity contribution in [3.8, 4) is 6.07 Å². The van der Waals surface area contributed by atoms with Crippen molar-refractivity contribution < 1.29 is 12.8 Å². The van der Waals surface area contributed by atoms with E-state index in [-0.39, 0.29) is 16.0 Å². The van der Waals surface area contributed by atoms with Gasteiger partial charge in [0.2, 0.25) is 0 Å². The minimum absolute atomic E-state index is 0.163. The molecule has 0 aliphatic heterocycles. The highest BCUT2D eigenvalue weighted by Crippen LogP contribution is 2.20. The van der Waals surface area contributed by atoms with Gasteiger partial charge in [0.05, 0.1) is 22.3 Å². The third kappa shape index (κ3) is 3.03. The number of nitriles is 1. The molecule has 0 aliphatic carbocycles. The molecule has 0 atom stereocenters. The largest absolute Gasteiger partial charge is 0.223 e. The first-order valence-corrected chi connectivity index (χ1v) is 7.55. The Kier molecular flexibility index (Phi) is 3.86. The van der Waals surface area contributed by atoms with Gasteiger partial charge < -0.3 is 0 Å². The van der Waals surface area contributed by atoms with Crippen LogP contribution in [0.5, 0.6) is 0 Å². The monoisotopic (exact) mass is 289 g/mol. The Hall–Kier alpha value is -2.19. The first-order chi connectivity index (χ1) is 9.42. The molecule has 2 rings (SSSR count). The van der Waals surface area contributed by atoms with E-state index in [0.29, 0.717) is 0 Å². The van der Waals surface area contributed by atoms with Crippen LogP contribution < -0.4 is 0 Å². The van der Waals surface area contributed by atoms with Gasteiger partial charge in [0.25, 0.3) is 0 Å². The van der Waals surface area contributed by atoms with Gasteiger partial charge in [-0.1, -0.05) is 17.7 Å². The zero-order valence-corrected chi connectivity index (χ0v) is 11.6. The van der Waals surface area contributed by atoms with E-state index >= 15 is 0 Å². The second-order valence-electron chi connectivity index (χ2n) is 4.49. The van der Waals surface area contributed by atoms with Gasteiger partial charge in [-0.15, -0.1) is 0 Å². The Morgan fingerprint density at radius 3 is 2.40 bits per heavy atom. The zero-order chi connectivity index (χ0) is 14.8. The number of nitrogens with zero attached hydrogens (tertiary/aromatic N) is 1. The predicted molar refractivity (Wildman–Crippen MR) is 73.2 cm³/mol. The molecule has 20 heavy (non-hydrogen) atoms. The van der Waals surface area contributed by atoms with E-state index in [9.17, 15) is 12.8 Å². The van der Waals surface area contributed by atoms with Gasteiger partial charge in [0.15, 0.2) is 9.84 Å². The minimum atomic E-state index is -3.60. The number of hydrogen-bond acceptors (Lipinski definition) is 3. The summed E-state index contributed by atoms with van der Waals surface area (Å²) in [6, 6.07) is 11.8. The van der Waals surface area contributed by atoms with Crippen LogP contribution >= 0.6 is 0 Å². The van der Waals surface area contributed by atoms with Crippen LogP contribution in [0.2, 0.25) is 0 Å². The summed E-state index contributed by atoms with van der Waals surface area (Å²) in [7, 11) is -3.60. The lowest BCUT2D eigenvalue weighted by atomic mass is 10.1. The topological polar surface area (TPSA) is 57.9 Å². The maximum atomic E-state index is 13.2. The SMILES string of the molecule is Cc1ccc(S(=O)(=O)Cc2cc(F)ccc2C#N)cc1. The number of hydrogen-bond donors (Lipinski definition) is 0. The van der Waals surface area contributed by atoms with Crippen molar-refractivity contribution in [3.05, 3.63) is 65.0 Å². The highest BCUT2D eigenvalue weighted by atomic mass is 32.2. The zero-order valence-electron chi connectivity index (χ0n) is 10.8. The molecule has 0 aromatic heterocycles. The number of halogens is 1. The molecule has 0 heterocycles. The summed E-state index contributed by atoms with van der Waals surface area (Å²) < 4.78 is 37.7. The molecule has 102 valence electrons. The standard InChI is InChI=1S/C15H12FNO2S/c1-11-2-6-15(7-3-11)20(18,19)10-13-8-14(16)5-4-12(13)9-17/h2-8H,10H2,1H3. The molecule has 0 unspecified atom stereocenters. The lowest BCUT2D eigenvalue weighted by Gasteiger charge is -2.07. The molecule has 2 aromatic carbocycles. The van der Waals surface area contributed by atoms with Crippen molar-refractivity contribution in [2.75, 3.05) is 0 Å². The van der Waals surface area contributed by atoms with Crippen LogP contribution in [0.3, 0.4) is 0 Å². The lowest BCUT2D eigenvalue weighted by Crippen LogP contribution is -2.06. The van der Waals surface area contributed by atoms with Crippen molar-refractivity contribution in [3.63, 3.8) is 0 Å². The Balaban J connectivity index is 2.41. The third-order valence-electron chi connectivity index (χ3n) is 2.91. The molecular formula is C15H12FNO2S. The van der Waals surface area contributed by atoms with E-state index in [1.807, 2.05) is 13.0 Å². The maximum absolute atomic E-state index is 13.2. The molecular weight excluding hydrogens is 277 g/mol. The van der Waals surface area contributed by atoms with Crippen molar-refractivity contribution >= 4 is 9.84 Å². The van der Waals surface area contributed by atoms with Crippen molar-refractivity contribution in [2.45, 2.75) is 17.6 Å². The van der Waals surface area contributed by atoms with Crippen molar-refractivity contribution in [1.82, 2.24) is 0 Å². The average Bonchev–Trinajstić information content (AvgIpc) is 2.39. The number of rotatable bonds is 3. The molecule has 0 saturated carbocycles. The molecule has 0 fully saturated rings. The first-order valence-electron chi connectivity index (χ1n) is 5.90. The molecule has 5 heteroatoms. The molecule has 0 radical (unpaired) electrons. The van der Waals surface area contributed by atoms with Gasteiger partial charge in [-0.2, -0.15) is 5.26 Å². The smallest absolute Gasteiger partial charge is 0.182 e. The Labute approximate surface area is 117 Å². The minimum Gasteiger partial charge on any atom is -0.223 e. The fraction of sp³-hybridized carbons (Fsp3) is 0.133. The predicted octanol–water partition coefficient (Wildman–Crippen LogP) is 2.98. The van der Waals surface area contributed by atoms with Crippen LogP contribution in [0.1, 0.15) is 16.7 Å². The van der Waals surface area contributed by atoms with Gasteiger partial charge >= 0.3 is 0 Å². The summed E-state index contributed by atoms with van der Waals surface area (Å²) >= 11 is 0. The normalized spacial score (nSPS) is 11.1. The van der Waals surface area contributed by atoms with Crippen LogP contribution in [0.15, 0.2) is 47.4 Å². The summed E-state index contributed by atoms with van der Waals surface area (Å²) in [6.45, 7) is 1.86. The molecule has 2 aromatic rings. The molecule has 0 bridgehead atoms. The Morgan fingerprint density at radius 2 is 1.80 bits per heavy atom.